The van der Waals surface area contributed by atoms with Crippen molar-refractivity contribution in [1.82, 2.24) is 0 Å². The van der Waals surface area contributed by atoms with Gasteiger partial charge in [0.2, 0.25) is 0 Å². The predicted octanol–water partition coefficient (Wildman–Crippen LogP) is -5.74. The van der Waals surface area contributed by atoms with Crippen molar-refractivity contribution in [2.24, 2.45) is 0 Å². The maximum Gasteiger partial charge on any atom is 2.00 e. The summed E-state index contributed by atoms with van der Waals surface area (Å²) in [5, 5.41) is 0. The van der Waals surface area contributed by atoms with Gasteiger partial charge in [-0.05, 0) is 0 Å². The summed E-state index contributed by atoms with van der Waals surface area (Å²) in [5.74, 6) is 0. The molecule has 0 aliphatic rings. The van der Waals surface area contributed by atoms with Crippen molar-refractivity contribution in [2.45, 2.75) is 7.35 Å². The van der Waals surface area contributed by atoms with Gasteiger partial charge >= 0.3 is 23.1 Å². The van der Waals surface area contributed by atoms with Crippen LogP contribution in [0.4, 0.5) is 0 Å². The van der Waals surface area contributed by atoms with E-state index in [0.29, 0.717) is 0 Å². The molecule has 0 heterocycles. The molecule has 0 aliphatic heterocycles. The molecular weight excluding hydrogens is 107 g/mol. The number of hydrogen-bond donors (Lipinski definition) is 0. The molecule has 0 aliphatic carbocycles. The second-order valence-corrected chi connectivity index (χ2v) is 0. The third kappa shape index (κ3) is 10.2. The Kier molecular flexibility index (Phi) is 35.9. The Morgan fingerprint density at radius 3 is 1.50 bits per heavy atom. The van der Waals surface area contributed by atoms with Gasteiger partial charge in [0.25, 0.3) is 0 Å². The van der Waals surface area contributed by atoms with E-state index < -0.39 is 7.35 Å². The maximum absolute atomic E-state index is 5.92. The standard InChI is InChI=1S/CH4.2ClH.Mg/h1H4;2*1H;/q;;;+2/p-2/i1D3;;;. The summed E-state index contributed by atoms with van der Waals surface area (Å²) in [6.07, 6.45) is 0. The average molecular weight is 114 g/mol. The fourth-order valence-corrected chi connectivity index (χ4v) is 0. The van der Waals surface area contributed by atoms with Crippen LogP contribution in [0.1, 0.15) is 11.5 Å². The van der Waals surface area contributed by atoms with E-state index in [1.807, 2.05) is 0 Å². The minimum atomic E-state index is -1.42. The first-order valence-electron chi connectivity index (χ1n) is 1.73. The zero-order valence-electron chi connectivity index (χ0n) is 5.04. The molecule has 0 N–H and O–H groups in total. The molecule has 0 bridgehead atoms. The van der Waals surface area contributed by atoms with E-state index in [9.17, 15) is 0 Å². The van der Waals surface area contributed by atoms with Gasteiger partial charge in [0.15, 0.2) is 0 Å². The minimum Gasteiger partial charge on any atom is -1.00 e. The summed E-state index contributed by atoms with van der Waals surface area (Å²) in [4.78, 5) is 0. The molecule has 0 rings (SSSR count). The Balaban J connectivity index is -0.0000000150. The fourth-order valence-electron chi connectivity index (χ4n) is 0. The van der Waals surface area contributed by atoms with Crippen molar-refractivity contribution in [3.8, 4) is 0 Å². The SMILES string of the molecule is [2H]C([2H])[2H].[Cl-].[Cl-].[Mg+2]. The minimum absolute atomic E-state index is 0. The zero-order chi connectivity index (χ0) is 3.58. The van der Waals surface area contributed by atoms with Crippen molar-refractivity contribution in [2.75, 3.05) is 0 Å². The summed E-state index contributed by atoms with van der Waals surface area (Å²) in [6.45, 7) is 0. The van der Waals surface area contributed by atoms with Crippen molar-refractivity contribution in [3.05, 3.63) is 0 Å². The fraction of sp³-hybridized carbons (Fsp3) is 1.00. The van der Waals surface area contributed by atoms with Crippen molar-refractivity contribution < 1.29 is 28.9 Å². The van der Waals surface area contributed by atoms with E-state index in [4.69, 9.17) is 4.11 Å². The Morgan fingerprint density at radius 2 is 1.50 bits per heavy atom. The van der Waals surface area contributed by atoms with Crippen molar-refractivity contribution in [3.63, 3.8) is 0 Å². The van der Waals surface area contributed by atoms with E-state index in [0.717, 1.165) is 0 Å². The second kappa shape index (κ2) is 26.9. The molecule has 0 atom stereocenters. The molecule has 0 saturated carbocycles. The molecule has 0 aromatic heterocycles. The van der Waals surface area contributed by atoms with E-state index in [1.54, 1.807) is 0 Å². The van der Waals surface area contributed by atoms with Crippen LogP contribution >= 0.6 is 0 Å². The molecule has 0 radical (unpaired) electrons. The monoisotopic (exact) mass is 113 g/mol. The van der Waals surface area contributed by atoms with Crippen LogP contribution < -0.4 is 24.8 Å². The first-order chi connectivity index (χ1) is 1.73. The van der Waals surface area contributed by atoms with Crippen LogP contribution in [0.2, 0.25) is 0 Å². The average Bonchev–Trinajstić information content (AvgIpc) is 0.811. The third-order valence-corrected chi connectivity index (χ3v) is 0. The molecule has 0 saturated heterocycles. The van der Waals surface area contributed by atoms with Crippen LogP contribution in [0, 0.1) is 0 Å². The van der Waals surface area contributed by atoms with Crippen LogP contribution in [-0.4, -0.2) is 23.1 Å². The molecule has 24 valence electrons. The number of hydrogen-bond acceptors (Lipinski definition) is 0. The summed E-state index contributed by atoms with van der Waals surface area (Å²) in [6, 6.07) is 0. The molecular formula is CH4Cl2Mg. The molecule has 4 heavy (non-hydrogen) atoms. The molecule has 0 fully saturated rings. The summed E-state index contributed by atoms with van der Waals surface area (Å²) >= 11 is 0. The van der Waals surface area contributed by atoms with Crippen LogP contribution in [0.3, 0.4) is 0 Å². The van der Waals surface area contributed by atoms with Crippen LogP contribution in [0.15, 0.2) is 0 Å². The first kappa shape index (κ1) is 5.35. The molecule has 0 aromatic carbocycles. The second-order valence-electron chi connectivity index (χ2n) is 0. The molecule has 3 heteroatoms. The van der Waals surface area contributed by atoms with Gasteiger partial charge in [-0.15, -0.1) is 0 Å². The van der Waals surface area contributed by atoms with Gasteiger partial charge < -0.3 is 24.8 Å². The van der Waals surface area contributed by atoms with Gasteiger partial charge in [-0.25, -0.2) is 0 Å². The summed E-state index contributed by atoms with van der Waals surface area (Å²) in [7, 11) is -1.42. The van der Waals surface area contributed by atoms with Gasteiger partial charge in [0, 0.05) is 4.11 Å². The van der Waals surface area contributed by atoms with Crippen LogP contribution in [0.25, 0.3) is 0 Å². The van der Waals surface area contributed by atoms with Gasteiger partial charge in [0.05, 0.1) is 0 Å². The van der Waals surface area contributed by atoms with Gasteiger partial charge in [-0.2, -0.15) is 0 Å². The quantitative estimate of drug-likeness (QED) is 0.275. The van der Waals surface area contributed by atoms with Gasteiger partial charge in [-0.3, -0.25) is 0 Å². The Bertz CT molecular complexity index is 17.7. The molecule has 0 amide bonds. The Labute approximate surface area is 59.5 Å². The number of halogens is 2. The van der Waals surface area contributed by atoms with Crippen LogP contribution in [0.5, 0.6) is 0 Å². The van der Waals surface area contributed by atoms with Crippen molar-refractivity contribution >= 4 is 23.1 Å². The van der Waals surface area contributed by atoms with E-state index in [1.165, 1.54) is 0 Å². The smallest absolute Gasteiger partial charge is 1.00 e. The molecule has 0 spiro atoms. The van der Waals surface area contributed by atoms with Crippen molar-refractivity contribution in [1.29, 1.82) is 0 Å². The third-order valence-electron chi connectivity index (χ3n) is 0. The summed E-state index contributed by atoms with van der Waals surface area (Å²) < 4.78 is 17.8. The maximum atomic E-state index is 5.92. The molecule has 0 aromatic rings. The largest absolute Gasteiger partial charge is 2.00 e. The van der Waals surface area contributed by atoms with Gasteiger partial charge in [-0.1, -0.05) is 7.35 Å². The molecule has 0 nitrogen and oxygen atoms in total. The van der Waals surface area contributed by atoms with E-state index >= 15 is 0 Å². The first-order valence-corrected chi connectivity index (χ1v) is 0. The summed E-state index contributed by atoms with van der Waals surface area (Å²) in [5.41, 5.74) is 0. The molecule has 0 unspecified atom stereocenters. The Morgan fingerprint density at radius 1 is 1.50 bits per heavy atom. The van der Waals surface area contributed by atoms with Crippen LogP contribution in [-0.2, 0) is 0 Å². The number of rotatable bonds is 0. The Hall–Kier alpha value is 1.35. The topological polar surface area (TPSA) is 0 Å². The predicted molar refractivity (Wildman–Crippen MR) is 12.5 cm³/mol. The van der Waals surface area contributed by atoms with Gasteiger partial charge in [0.1, 0.15) is 0 Å². The van der Waals surface area contributed by atoms with E-state index in [2.05, 4.69) is 0 Å². The zero-order valence-corrected chi connectivity index (χ0v) is 4.97. The normalized spacial score (nSPS) is 9.75. The van der Waals surface area contributed by atoms with E-state index in [-0.39, 0.29) is 47.9 Å².